The molecule has 0 radical (unpaired) electrons. The summed E-state index contributed by atoms with van der Waals surface area (Å²) < 4.78 is 0. The van der Waals surface area contributed by atoms with Crippen LogP contribution in [0.3, 0.4) is 0 Å². The number of anilines is 1. The molecule has 0 saturated heterocycles. The lowest BCUT2D eigenvalue weighted by Crippen LogP contribution is -2.50. The predicted octanol–water partition coefficient (Wildman–Crippen LogP) is 2.92. The van der Waals surface area contributed by atoms with Crippen molar-refractivity contribution in [1.29, 1.82) is 0 Å². The maximum Gasteiger partial charge on any atom is 0.328 e. The van der Waals surface area contributed by atoms with Crippen LogP contribution in [0.25, 0.3) is 10.8 Å². The van der Waals surface area contributed by atoms with Crippen molar-refractivity contribution >= 4 is 22.6 Å². The van der Waals surface area contributed by atoms with Gasteiger partial charge < -0.3 is 10.0 Å². The maximum atomic E-state index is 11.5. The lowest BCUT2D eigenvalue weighted by atomic mass is 10.0. The van der Waals surface area contributed by atoms with Crippen LogP contribution < -0.4 is 4.90 Å². The second-order valence-electron chi connectivity index (χ2n) is 4.96. The van der Waals surface area contributed by atoms with Crippen LogP contribution in [0.4, 0.5) is 5.82 Å². The van der Waals surface area contributed by atoms with Gasteiger partial charge in [0, 0.05) is 18.1 Å². The van der Waals surface area contributed by atoms with Crippen LogP contribution in [0.5, 0.6) is 0 Å². The summed E-state index contributed by atoms with van der Waals surface area (Å²) in [6, 6.07) is 9.81. The van der Waals surface area contributed by atoms with Crippen LogP contribution in [-0.2, 0) is 4.79 Å². The van der Waals surface area contributed by atoms with Crippen LogP contribution in [0, 0.1) is 0 Å². The summed E-state index contributed by atoms with van der Waals surface area (Å²) in [7, 11) is 0. The first-order valence-corrected chi connectivity index (χ1v) is 6.33. The van der Waals surface area contributed by atoms with Crippen molar-refractivity contribution in [2.24, 2.45) is 0 Å². The lowest BCUT2D eigenvalue weighted by molar-refractivity contribution is -0.142. The molecule has 19 heavy (non-hydrogen) atoms. The number of aliphatic carboxylic acids is 1. The normalized spacial score (nSPS) is 11.5. The quantitative estimate of drug-likeness (QED) is 0.916. The molecule has 0 fully saturated rings. The molecule has 0 aliphatic rings. The van der Waals surface area contributed by atoms with Crippen LogP contribution in [0.2, 0.25) is 0 Å². The van der Waals surface area contributed by atoms with Gasteiger partial charge in [-0.2, -0.15) is 0 Å². The molecule has 0 atom stereocenters. The van der Waals surface area contributed by atoms with Gasteiger partial charge in [0.05, 0.1) is 0 Å². The number of likely N-dealkylation sites (N-methyl/N-ethyl adjacent to an activating group) is 1. The molecule has 0 aliphatic heterocycles. The molecule has 1 aromatic heterocycles. The largest absolute Gasteiger partial charge is 0.480 e. The number of hydrogen-bond acceptors (Lipinski definition) is 3. The van der Waals surface area contributed by atoms with Gasteiger partial charge in [-0.15, -0.1) is 0 Å². The molecule has 1 N–H and O–H groups in total. The number of rotatable bonds is 4. The van der Waals surface area contributed by atoms with E-state index in [1.807, 2.05) is 42.2 Å². The van der Waals surface area contributed by atoms with E-state index in [1.165, 1.54) is 0 Å². The Bertz CT molecular complexity index is 603. The summed E-state index contributed by atoms with van der Waals surface area (Å²) in [5.41, 5.74) is -0.994. The second-order valence-corrected chi connectivity index (χ2v) is 4.96. The number of benzene rings is 1. The van der Waals surface area contributed by atoms with E-state index in [0.29, 0.717) is 12.4 Å². The van der Waals surface area contributed by atoms with E-state index in [0.717, 1.165) is 10.8 Å². The summed E-state index contributed by atoms with van der Waals surface area (Å²) >= 11 is 0. The average Bonchev–Trinajstić information content (AvgIpc) is 2.39. The number of carboxylic acid groups (broad SMARTS) is 1. The van der Waals surface area contributed by atoms with Gasteiger partial charge in [0.15, 0.2) is 0 Å². The molecule has 0 saturated carbocycles. The minimum absolute atomic E-state index is 0.584. The molecule has 0 aliphatic carbocycles. The fraction of sp³-hybridized carbons (Fsp3) is 0.333. The first-order valence-electron chi connectivity index (χ1n) is 6.33. The Morgan fingerprint density at radius 2 is 2.00 bits per heavy atom. The summed E-state index contributed by atoms with van der Waals surface area (Å²) in [5.74, 6) is -0.142. The fourth-order valence-electron chi connectivity index (χ4n) is 2.24. The molecule has 4 nitrogen and oxygen atoms in total. The number of carbonyl (C=O) groups is 1. The molecule has 0 amide bonds. The standard InChI is InChI=1S/C15H18N2O2/c1-4-17(15(2,3)14(18)19)13-12-8-6-5-7-11(12)9-10-16-13/h5-10H,4H2,1-3H3,(H,18,19). The van der Waals surface area contributed by atoms with Crippen LogP contribution in [-0.4, -0.2) is 28.1 Å². The van der Waals surface area contributed by atoms with Crippen LogP contribution in [0.15, 0.2) is 36.5 Å². The molecule has 2 aromatic rings. The molecular formula is C15H18N2O2. The topological polar surface area (TPSA) is 53.4 Å². The number of carboxylic acids is 1. The number of pyridine rings is 1. The Morgan fingerprint density at radius 3 is 2.63 bits per heavy atom. The van der Waals surface area contributed by atoms with Gasteiger partial charge in [-0.25, -0.2) is 9.78 Å². The highest BCUT2D eigenvalue weighted by molar-refractivity contribution is 5.94. The zero-order valence-electron chi connectivity index (χ0n) is 11.4. The van der Waals surface area contributed by atoms with E-state index in [9.17, 15) is 9.90 Å². The first kappa shape index (κ1) is 13.3. The molecule has 0 unspecified atom stereocenters. The minimum Gasteiger partial charge on any atom is -0.480 e. The molecule has 1 heterocycles. The molecule has 100 valence electrons. The summed E-state index contributed by atoms with van der Waals surface area (Å²) in [5, 5.41) is 11.4. The van der Waals surface area contributed by atoms with Crippen molar-refractivity contribution in [3.8, 4) is 0 Å². The molecule has 2 rings (SSSR count). The van der Waals surface area contributed by atoms with Gasteiger partial charge in [0.2, 0.25) is 0 Å². The Kier molecular flexibility index (Phi) is 3.42. The Hall–Kier alpha value is -2.10. The highest BCUT2D eigenvalue weighted by Crippen LogP contribution is 2.29. The first-order chi connectivity index (χ1) is 8.98. The van der Waals surface area contributed by atoms with E-state index >= 15 is 0 Å². The minimum atomic E-state index is -0.994. The van der Waals surface area contributed by atoms with Gasteiger partial charge in [0.25, 0.3) is 0 Å². The molecule has 0 spiro atoms. The van der Waals surface area contributed by atoms with E-state index in [2.05, 4.69) is 4.98 Å². The van der Waals surface area contributed by atoms with Gasteiger partial charge in [-0.05, 0) is 32.2 Å². The number of fused-ring (bicyclic) bond motifs is 1. The zero-order valence-corrected chi connectivity index (χ0v) is 11.4. The van der Waals surface area contributed by atoms with Crippen LogP contribution >= 0.6 is 0 Å². The average molecular weight is 258 g/mol. The third-order valence-electron chi connectivity index (χ3n) is 3.42. The van der Waals surface area contributed by atoms with Crippen molar-refractivity contribution < 1.29 is 9.90 Å². The number of nitrogens with zero attached hydrogens (tertiary/aromatic N) is 2. The third-order valence-corrected chi connectivity index (χ3v) is 3.42. The molecule has 0 bridgehead atoms. The Morgan fingerprint density at radius 1 is 1.32 bits per heavy atom. The van der Waals surface area contributed by atoms with E-state index in [4.69, 9.17) is 0 Å². The van der Waals surface area contributed by atoms with Crippen molar-refractivity contribution in [2.75, 3.05) is 11.4 Å². The summed E-state index contributed by atoms with van der Waals surface area (Å²) in [6.45, 7) is 5.92. The smallest absolute Gasteiger partial charge is 0.328 e. The summed E-state index contributed by atoms with van der Waals surface area (Å²) in [6.07, 6.45) is 1.72. The predicted molar refractivity (Wildman–Crippen MR) is 76.5 cm³/mol. The molecular weight excluding hydrogens is 240 g/mol. The highest BCUT2D eigenvalue weighted by Gasteiger charge is 2.35. The number of aromatic nitrogens is 1. The summed E-state index contributed by atoms with van der Waals surface area (Å²) in [4.78, 5) is 17.7. The monoisotopic (exact) mass is 258 g/mol. The van der Waals surface area contributed by atoms with E-state index < -0.39 is 11.5 Å². The van der Waals surface area contributed by atoms with Gasteiger partial charge in [-0.3, -0.25) is 0 Å². The Labute approximate surface area is 112 Å². The van der Waals surface area contributed by atoms with Crippen molar-refractivity contribution in [1.82, 2.24) is 4.98 Å². The van der Waals surface area contributed by atoms with Crippen molar-refractivity contribution in [3.05, 3.63) is 36.5 Å². The van der Waals surface area contributed by atoms with Gasteiger partial charge in [-0.1, -0.05) is 24.3 Å². The fourth-order valence-corrected chi connectivity index (χ4v) is 2.24. The lowest BCUT2D eigenvalue weighted by Gasteiger charge is -2.35. The third kappa shape index (κ3) is 2.26. The SMILES string of the molecule is CCN(c1nccc2ccccc12)C(C)(C)C(=O)O. The number of hydrogen-bond donors (Lipinski definition) is 1. The Balaban J connectivity index is 2.62. The molecule has 1 aromatic carbocycles. The van der Waals surface area contributed by atoms with Gasteiger partial charge >= 0.3 is 5.97 Å². The highest BCUT2D eigenvalue weighted by atomic mass is 16.4. The van der Waals surface area contributed by atoms with Gasteiger partial charge in [0.1, 0.15) is 11.4 Å². The van der Waals surface area contributed by atoms with E-state index in [-0.39, 0.29) is 0 Å². The van der Waals surface area contributed by atoms with Crippen molar-refractivity contribution in [3.63, 3.8) is 0 Å². The zero-order chi connectivity index (χ0) is 14.0. The van der Waals surface area contributed by atoms with Crippen LogP contribution in [0.1, 0.15) is 20.8 Å². The molecule has 4 heteroatoms. The second kappa shape index (κ2) is 4.88. The van der Waals surface area contributed by atoms with Crippen molar-refractivity contribution in [2.45, 2.75) is 26.3 Å². The maximum absolute atomic E-state index is 11.5. The van der Waals surface area contributed by atoms with E-state index in [1.54, 1.807) is 20.0 Å².